The molecule has 6 heteroatoms. The van der Waals surface area contributed by atoms with Crippen LogP contribution in [-0.4, -0.2) is 73.9 Å². The third-order valence-corrected chi connectivity index (χ3v) is 6.63. The fourth-order valence-electron chi connectivity index (χ4n) is 5.19. The molecule has 2 N–H and O–H groups in total. The molecule has 0 aliphatic carbocycles. The summed E-state index contributed by atoms with van der Waals surface area (Å²) in [6.07, 6.45) is 2.35. The predicted molar refractivity (Wildman–Crippen MR) is 110 cm³/mol. The number of benzene rings is 1. The molecule has 0 saturated carbocycles. The molecule has 0 spiro atoms. The Bertz CT molecular complexity index is 629. The monoisotopic (exact) mass is 386 g/mol. The van der Waals surface area contributed by atoms with E-state index < -0.39 is 0 Å². The van der Waals surface area contributed by atoms with Crippen LogP contribution in [0.3, 0.4) is 0 Å². The Kier molecular flexibility index (Phi) is 6.50. The highest BCUT2D eigenvalue weighted by Gasteiger charge is 2.40. The number of nitrogens with zero attached hydrogens (tertiary/aromatic N) is 2. The van der Waals surface area contributed by atoms with E-state index in [2.05, 4.69) is 45.9 Å². The Morgan fingerprint density at radius 3 is 2.79 bits per heavy atom. The molecule has 4 aliphatic rings. The van der Waals surface area contributed by atoms with Gasteiger partial charge in [0.2, 0.25) is 0 Å². The largest absolute Gasteiger partial charge is 0.450 e. The van der Waals surface area contributed by atoms with E-state index in [0.29, 0.717) is 18.6 Å². The van der Waals surface area contributed by atoms with Crippen molar-refractivity contribution in [3.05, 3.63) is 35.9 Å². The van der Waals surface area contributed by atoms with Gasteiger partial charge in [0, 0.05) is 45.3 Å². The Hall–Kier alpha value is -1.63. The number of hydrogen-bond acceptors (Lipinski definition) is 5. The molecule has 4 heterocycles. The Morgan fingerprint density at radius 2 is 2.00 bits per heavy atom. The van der Waals surface area contributed by atoms with Gasteiger partial charge in [0.25, 0.3) is 0 Å². The number of nitrogens with one attached hydrogen (secondary N) is 2. The molecule has 6 nitrogen and oxygen atoms in total. The number of hydrogen-bond donors (Lipinski definition) is 2. The summed E-state index contributed by atoms with van der Waals surface area (Å²) >= 11 is 0. The molecule has 4 saturated heterocycles. The summed E-state index contributed by atoms with van der Waals surface area (Å²) in [5.41, 5.74) is 1.44. The van der Waals surface area contributed by atoms with Crippen molar-refractivity contribution in [3.8, 4) is 0 Å². The molecule has 5 rings (SSSR count). The maximum atomic E-state index is 11.5. The second kappa shape index (κ2) is 9.25. The molecular weight excluding hydrogens is 352 g/mol. The fourth-order valence-corrected chi connectivity index (χ4v) is 5.19. The van der Waals surface area contributed by atoms with E-state index >= 15 is 0 Å². The van der Waals surface area contributed by atoms with E-state index in [1.54, 1.807) is 0 Å². The van der Waals surface area contributed by atoms with Crippen LogP contribution >= 0.6 is 0 Å². The number of likely N-dealkylation sites (tertiary alicyclic amines) is 2. The van der Waals surface area contributed by atoms with Gasteiger partial charge in [-0.1, -0.05) is 30.3 Å². The smallest absolute Gasteiger partial charge is 0.410 e. The molecule has 0 aromatic heterocycles. The van der Waals surface area contributed by atoms with E-state index in [0.717, 1.165) is 44.6 Å². The van der Waals surface area contributed by atoms with Crippen LogP contribution in [0.15, 0.2) is 30.3 Å². The highest BCUT2D eigenvalue weighted by atomic mass is 16.6. The molecule has 0 radical (unpaired) electrons. The lowest BCUT2D eigenvalue weighted by molar-refractivity contribution is 0.103. The quantitative estimate of drug-likeness (QED) is 0.831. The van der Waals surface area contributed by atoms with Gasteiger partial charge in [0.05, 0.1) is 12.6 Å². The summed E-state index contributed by atoms with van der Waals surface area (Å²) in [7, 11) is 0. The minimum absolute atomic E-state index is 0.140. The van der Waals surface area contributed by atoms with Crippen LogP contribution in [0.5, 0.6) is 0 Å². The van der Waals surface area contributed by atoms with Gasteiger partial charge >= 0.3 is 6.09 Å². The second-order valence-corrected chi connectivity index (χ2v) is 8.46. The van der Waals surface area contributed by atoms with Crippen LogP contribution in [0.2, 0.25) is 0 Å². The van der Waals surface area contributed by atoms with Crippen molar-refractivity contribution in [3.63, 3.8) is 0 Å². The SMILES string of the molecule is CCOC(=O)N1CCC2CNCC21.c1ccc(CN2CC3CCNC3C2)cc1. The summed E-state index contributed by atoms with van der Waals surface area (Å²) in [4.78, 5) is 15.9. The number of rotatable bonds is 3. The van der Waals surface area contributed by atoms with Crippen molar-refractivity contribution in [2.75, 3.05) is 45.9 Å². The lowest BCUT2D eigenvalue weighted by Gasteiger charge is -2.22. The van der Waals surface area contributed by atoms with Gasteiger partial charge in [-0.25, -0.2) is 4.79 Å². The van der Waals surface area contributed by atoms with Gasteiger partial charge in [-0.3, -0.25) is 4.90 Å². The number of carbonyl (C=O) groups is 1. The molecular formula is C22H34N4O2. The lowest BCUT2D eigenvalue weighted by atomic mass is 10.1. The number of amides is 1. The Labute approximate surface area is 168 Å². The van der Waals surface area contributed by atoms with Gasteiger partial charge in [-0.15, -0.1) is 0 Å². The topological polar surface area (TPSA) is 56.8 Å². The molecule has 4 aliphatic heterocycles. The van der Waals surface area contributed by atoms with Gasteiger partial charge in [-0.2, -0.15) is 0 Å². The van der Waals surface area contributed by atoms with Gasteiger partial charge in [-0.05, 0) is 43.7 Å². The minimum atomic E-state index is -0.140. The molecule has 154 valence electrons. The number of ether oxygens (including phenoxy) is 1. The first kappa shape index (κ1) is 19.7. The zero-order valence-electron chi connectivity index (χ0n) is 17.0. The predicted octanol–water partition coefficient (Wildman–Crippen LogP) is 1.92. The van der Waals surface area contributed by atoms with E-state index in [4.69, 9.17) is 4.74 Å². The highest BCUT2D eigenvalue weighted by molar-refractivity contribution is 5.68. The van der Waals surface area contributed by atoms with Crippen molar-refractivity contribution < 1.29 is 9.53 Å². The van der Waals surface area contributed by atoms with Crippen molar-refractivity contribution in [2.45, 2.75) is 38.4 Å². The van der Waals surface area contributed by atoms with Crippen molar-refractivity contribution >= 4 is 6.09 Å². The van der Waals surface area contributed by atoms with Crippen LogP contribution in [0.25, 0.3) is 0 Å². The van der Waals surface area contributed by atoms with E-state index in [1.807, 2.05) is 11.8 Å². The first-order valence-corrected chi connectivity index (χ1v) is 10.9. The molecule has 1 aromatic rings. The van der Waals surface area contributed by atoms with Crippen molar-refractivity contribution in [1.29, 1.82) is 0 Å². The van der Waals surface area contributed by atoms with Crippen molar-refractivity contribution in [1.82, 2.24) is 20.4 Å². The maximum Gasteiger partial charge on any atom is 0.410 e. The number of fused-ring (bicyclic) bond motifs is 2. The molecule has 4 unspecified atom stereocenters. The zero-order chi connectivity index (χ0) is 19.3. The van der Waals surface area contributed by atoms with E-state index in [9.17, 15) is 4.79 Å². The summed E-state index contributed by atoms with van der Waals surface area (Å²) in [5, 5.41) is 6.89. The zero-order valence-corrected chi connectivity index (χ0v) is 17.0. The Balaban J connectivity index is 0.000000139. The first-order chi connectivity index (χ1) is 13.7. The van der Waals surface area contributed by atoms with Gasteiger partial charge in [0.1, 0.15) is 0 Å². The third-order valence-electron chi connectivity index (χ3n) is 6.63. The standard InChI is InChI=1S/C13H18N2.C9H16N2O2/c1-2-4-11(5-3-1)8-15-9-12-6-7-14-13(12)10-15;1-2-13-9(12)11-4-3-7-5-10-6-8(7)11/h1-5,12-14H,6-10H2;7-8,10H,2-6H2,1H3. The Morgan fingerprint density at radius 1 is 1.14 bits per heavy atom. The average molecular weight is 387 g/mol. The van der Waals surface area contributed by atoms with Crippen LogP contribution < -0.4 is 10.6 Å². The van der Waals surface area contributed by atoms with Gasteiger partial charge < -0.3 is 20.3 Å². The second-order valence-electron chi connectivity index (χ2n) is 8.46. The molecule has 1 amide bonds. The molecule has 4 atom stereocenters. The van der Waals surface area contributed by atoms with Crippen LogP contribution in [-0.2, 0) is 11.3 Å². The minimum Gasteiger partial charge on any atom is -0.450 e. The summed E-state index contributed by atoms with van der Waals surface area (Å²) in [5.74, 6) is 1.57. The highest BCUT2D eigenvalue weighted by Crippen LogP contribution is 2.27. The summed E-state index contributed by atoms with van der Waals surface area (Å²) < 4.78 is 4.99. The van der Waals surface area contributed by atoms with Gasteiger partial charge in [0.15, 0.2) is 0 Å². The molecule has 0 bridgehead atoms. The van der Waals surface area contributed by atoms with Crippen LogP contribution in [0.1, 0.15) is 25.3 Å². The van der Waals surface area contributed by atoms with E-state index in [1.165, 1.54) is 31.6 Å². The summed E-state index contributed by atoms with van der Waals surface area (Å²) in [6.45, 7) is 10.1. The van der Waals surface area contributed by atoms with Crippen molar-refractivity contribution in [2.24, 2.45) is 11.8 Å². The van der Waals surface area contributed by atoms with Crippen LogP contribution in [0, 0.1) is 11.8 Å². The van der Waals surface area contributed by atoms with E-state index in [-0.39, 0.29) is 6.09 Å². The lowest BCUT2D eigenvalue weighted by Crippen LogP contribution is -2.39. The fraction of sp³-hybridized carbons (Fsp3) is 0.682. The number of carbonyl (C=O) groups excluding carboxylic acids is 1. The molecule has 1 aromatic carbocycles. The third kappa shape index (κ3) is 4.50. The average Bonchev–Trinajstić information content (AvgIpc) is 3.44. The normalized spacial score (nSPS) is 31.2. The maximum absolute atomic E-state index is 11.5. The summed E-state index contributed by atoms with van der Waals surface area (Å²) in [6, 6.07) is 12.0. The van der Waals surface area contributed by atoms with Crippen LogP contribution in [0.4, 0.5) is 4.79 Å². The molecule has 28 heavy (non-hydrogen) atoms. The molecule has 4 fully saturated rings. The first-order valence-electron chi connectivity index (χ1n) is 10.9.